The van der Waals surface area contributed by atoms with Crippen LogP contribution in [0.4, 0.5) is 17.5 Å². The molecule has 0 aromatic carbocycles. The Bertz CT molecular complexity index is 509. The number of hydrogen-bond donors (Lipinski definition) is 3. The number of hydrogen-bond acceptors (Lipinski definition) is 6. The Morgan fingerprint density at radius 2 is 2.11 bits per heavy atom. The molecule has 0 saturated carbocycles. The molecule has 0 spiro atoms. The summed E-state index contributed by atoms with van der Waals surface area (Å²) in [7, 11) is 0. The van der Waals surface area contributed by atoms with E-state index in [2.05, 4.69) is 20.6 Å². The summed E-state index contributed by atoms with van der Waals surface area (Å²) in [4.78, 5) is 8.23. The van der Waals surface area contributed by atoms with Gasteiger partial charge in [-0.15, -0.1) is 0 Å². The van der Waals surface area contributed by atoms with Gasteiger partial charge in [-0.2, -0.15) is 0 Å². The highest BCUT2D eigenvalue weighted by Gasteiger charge is 2.02. The summed E-state index contributed by atoms with van der Waals surface area (Å²) in [6.45, 7) is 4.48. The maximum Gasteiger partial charge on any atom is 0.198 e. The fourth-order valence-corrected chi connectivity index (χ4v) is 1.42. The van der Waals surface area contributed by atoms with Crippen molar-refractivity contribution in [3.05, 3.63) is 30.3 Å². The SMILES string of the molecule is Cc1ccc(Nc2cc(NCC(C)N)ncn2)o1. The van der Waals surface area contributed by atoms with E-state index in [1.54, 1.807) is 6.07 Å². The van der Waals surface area contributed by atoms with E-state index >= 15 is 0 Å². The molecular formula is C12H17N5O. The lowest BCUT2D eigenvalue weighted by Crippen LogP contribution is -2.25. The molecule has 0 amide bonds. The highest BCUT2D eigenvalue weighted by molar-refractivity contribution is 5.54. The lowest BCUT2D eigenvalue weighted by molar-refractivity contribution is 0.551. The highest BCUT2D eigenvalue weighted by atomic mass is 16.4. The molecule has 0 fully saturated rings. The first kappa shape index (κ1) is 12.4. The fourth-order valence-electron chi connectivity index (χ4n) is 1.42. The zero-order valence-electron chi connectivity index (χ0n) is 10.5. The van der Waals surface area contributed by atoms with E-state index in [-0.39, 0.29) is 6.04 Å². The van der Waals surface area contributed by atoms with Crippen LogP contribution in [0.1, 0.15) is 12.7 Å². The molecule has 96 valence electrons. The zero-order valence-corrected chi connectivity index (χ0v) is 10.5. The maximum absolute atomic E-state index is 5.67. The predicted octanol–water partition coefficient (Wildman–Crippen LogP) is 1.88. The molecule has 0 aliphatic carbocycles. The second-order valence-corrected chi connectivity index (χ2v) is 4.18. The van der Waals surface area contributed by atoms with Gasteiger partial charge in [0.1, 0.15) is 23.7 Å². The van der Waals surface area contributed by atoms with Crippen LogP contribution in [-0.4, -0.2) is 22.6 Å². The lowest BCUT2D eigenvalue weighted by atomic mass is 10.3. The van der Waals surface area contributed by atoms with Crippen molar-refractivity contribution >= 4 is 17.5 Å². The third-order valence-corrected chi connectivity index (χ3v) is 2.26. The molecule has 0 bridgehead atoms. The van der Waals surface area contributed by atoms with Crippen molar-refractivity contribution in [3.8, 4) is 0 Å². The minimum absolute atomic E-state index is 0.0732. The van der Waals surface area contributed by atoms with Crippen molar-refractivity contribution in [2.24, 2.45) is 5.73 Å². The number of aryl methyl sites for hydroxylation is 1. The average Bonchev–Trinajstić information content (AvgIpc) is 2.73. The molecule has 2 aromatic rings. The topological polar surface area (TPSA) is 89.0 Å². The van der Waals surface area contributed by atoms with Gasteiger partial charge in [0.25, 0.3) is 0 Å². The van der Waals surface area contributed by atoms with Crippen molar-refractivity contribution in [3.63, 3.8) is 0 Å². The van der Waals surface area contributed by atoms with Crippen LogP contribution in [0.2, 0.25) is 0 Å². The molecule has 0 radical (unpaired) electrons. The molecule has 18 heavy (non-hydrogen) atoms. The Kier molecular flexibility index (Phi) is 3.78. The van der Waals surface area contributed by atoms with Crippen LogP contribution >= 0.6 is 0 Å². The third-order valence-electron chi connectivity index (χ3n) is 2.26. The number of nitrogens with two attached hydrogens (primary N) is 1. The number of furan rings is 1. The summed E-state index contributed by atoms with van der Waals surface area (Å²) in [5.41, 5.74) is 5.67. The van der Waals surface area contributed by atoms with Crippen LogP contribution in [-0.2, 0) is 0 Å². The van der Waals surface area contributed by atoms with Crippen LogP contribution < -0.4 is 16.4 Å². The molecule has 1 atom stereocenters. The van der Waals surface area contributed by atoms with Gasteiger partial charge in [0.2, 0.25) is 0 Å². The molecule has 2 rings (SSSR count). The zero-order chi connectivity index (χ0) is 13.0. The first-order valence-electron chi connectivity index (χ1n) is 5.78. The second-order valence-electron chi connectivity index (χ2n) is 4.18. The average molecular weight is 247 g/mol. The Hall–Kier alpha value is -2.08. The number of anilines is 3. The minimum atomic E-state index is 0.0732. The maximum atomic E-state index is 5.67. The van der Waals surface area contributed by atoms with E-state index in [1.807, 2.05) is 26.0 Å². The smallest absolute Gasteiger partial charge is 0.198 e. The second kappa shape index (κ2) is 5.50. The molecule has 6 nitrogen and oxygen atoms in total. The third kappa shape index (κ3) is 3.46. The molecule has 6 heteroatoms. The van der Waals surface area contributed by atoms with Crippen molar-refractivity contribution in [1.82, 2.24) is 9.97 Å². The minimum Gasteiger partial charge on any atom is -0.446 e. The van der Waals surface area contributed by atoms with Gasteiger partial charge in [0, 0.05) is 24.7 Å². The Balaban J connectivity index is 2.02. The van der Waals surface area contributed by atoms with Crippen LogP contribution in [0.25, 0.3) is 0 Å². The monoisotopic (exact) mass is 247 g/mol. The fraction of sp³-hybridized carbons (Fsp3) is 0.333. The quantitative estimate of drug-likeness (QED) is 0.747. The van der Waals surface area contributed by atoms with E-state index < -0.39 is 0 Å². The molecule has 1 unspecified atom stereocenters. The summed E-state index contributed by atoms with van der Waals surface area (Å²) >= 11 is 0. The summed E-state index contributed by atoms with van der Waals surface area (Å²) in [6, 6.07) is 5.62. The van der Waals surface area contributed by atoms with Crippen LogP contribution in [0, 0.1) is 6.92 Å². The summed E-state index contributed by atoms with van der Waals surface area (Å²) in [6.07, 6.45) is 1.49. The van der Waals surface area contributed by atoms with E-state index in [1.165, 1.54) is 6.33 Å². The van der Waals surface area contributed by atoms with Gasteiger partial charge in [-0.3, -0.25) is 0 Å². The lowest BCUT2D eigenvalue weighted by Gasteiger charge is -2.09. The van der Waals surface area contributed by atoms with E-state index in [0.717, 1.165) is 11.6 Å². The van der Waals surface area contributed by atoms with Crippen molar-refractivity contribution in [2.75, 3.05) is 17.2 Å². The van der Waals surface area contributed by atoms with Gasteiger partial charge in [-0.1, -0.05) is 0 Å². The standard InChI is InChI=1S/C12H17N5O/c1-8(13)6-14-10-5-11(16-7-15-10)17-12-4-3-9(2)18-12/h3-5,7-8H,6,13H2,1-2H3,(H2,14,15,16,17). The number of rotatable bonds is 5. The van der Waals surface area contributed by atoms with Gasteiger partial charge in [0.15, 0.2) is 5.88 Å². The van der Waals surface area contributed by atoms with Gasteiger partial charge >= 0.3 is 0 Å². The first-order valence-corrected chi connectivity index (χ1v) is 5.78. The molecule has 4 N–H and O–H groups in total. The van der Waals surface area contributed by atoms with E-state index in [4.69, 9.17) is 10.2 Å². The number of aromatic nitrogens is 2. The largest absolute Gasteiger partial charge is 0.446 e. The molecule has 2 heterocycles. The molecular weight excluding hydrogens is 230 g/mol. The summed E-state index contributed by atoms with van der Waals surface area (Å²) < 4.78 is 5.41. The van der Waals surface area contributed by atoms with E-state index in [0.29, 0.717) is 18.2 Å². The molecule has 0 aliphatic heterocycles. The van der Waals surface area contributed by atoms with Crippen LogP contribution in [0.5, 0.6) is 0 Å². The van der Waals surface area contributed by atoms with E-state index in [9.17, 15) is 0 Å². The summed E-state index contributed by atoms with van der Waals surface area (Å²) in [5.74, 6) is 2.91. The Morgan fingerprint density at radius 1 is 1.33 bits per heavy atom. The molecule has 0 saturated heterocycles. The normalized spacial score (nSPS) is 12.2. The summed E-state index contributed by atoms with van der Waals surface area (Å²) in [5, 5.41) is 6.19. The number of nitrogens with zero attached hydrogens (tertiary/aromatic N) is 2. The first-order chi connectivity index (χ1) is 8.63. The van der Waals surface area contributed by atoms with Crippen molar-refractivity contribution in [1.29, 1.82) is 0 Å². The van der Waals surface area contributed by atoms with Gasteiger partial charge < -0.3 is 20.8 Å². The van der Waals surface area contributed by atoms with Gasteiger partial charge in [-0.05, 0) is 19.9 Å². The predicted molar refractivity (Wildman–Crippen MR) is 70.9 cm³/mol. The highest BCUT2D eigenvalue weighted by Crippen LogP contribution is 2.18. The van der Waals surface area contributed by atoms with Crippen LogP contribution in [0.15, 0.2) is 28.9 Å². The van der Waals surface area contributed by atoms with Gasteiger partial charge in [-0.25, -0.2) is 9.97 Å². The van der Waals surface area contributed by atoms with Gasteiger partial charge in [0.05, 0.1) is 0 Å². The van der Waals surface area contributed by atoms with Crippen molar-refractivity contribution < 1.29 is 4.42 Å². The number of nitrogens with one attached hydrogen (secondary N) is 2. The molecule has 2 aromatic heterocycles. The van der Waals surface area contributed by atoms with Crippen LogP contribution in [0.3, 0.4) is 0 Å². The Labute approximate surface area is 106 Å². The van der Waals surface area contributed by atoms with Crippen molar-refractivity contribution in [2.45, 2.75) is 19.9 Å². The Morgan fingerprint density at radius 3 is 2.78 bits per heavy atom. The molecule has 0 aliphatic rings.